The molecule has 1 aromatic rings. The fourth-order valence-electron chi connectivity index (χ4n) is 1.34. The van der Waals surface area contributed by atoms with Gasteiger partial charge in [0.15, 0.2) is 11.5 Å². The van der Waals surface area contributed by atoms with E-state index in [1.165, 1.54) is 26.6 Å². The number of nitrogens with zero attached hydrogens (tertiary/aromatic N) is 1. The van der Waals surface area contributed by atoms with E-state index in [0.29, 0.717) is 22.8 Å². The lowest BCUT2D eigenvalue weighted by atomic mass is 10.2. The van der Waals surface area contributed by atoms with Crippen LogP contribution < -0.4 is 14.2 Å². The maximum atomic E-state index is 10.3. The summed E-state index contributed by atoms with van der Waals surface area (Å²) in [6.45, 7) is 3.45. The Hall–Kier alpha value is -2.50. The third-order valence-electron chi connectivity index (χ3n) is 2.07. The van der Waals surface area contributed by atoms with Crippen LogP contribution in [-0.2, 0) is 0 Å². The van der Waals surface area contributed by atoms with E-state index < -0.39 is 4.92 Å². The highest BCUT2D eigenvalue weighted by molar-refractivity contribution is 5.61. The smallest absolute Gasteiger partial charge is 0.235 e. The molecule has 0 heterocycles. The number of hydrogen-bond acceptors (Lipinski definition) is 5. The lowest BCUT2D eigenvalue weighted by Gasteiger charge is -2.12. The Morgan fingerprint density at radius 3 is 2.22 bits per heavy atom. The maximum absolute atomic E-state index is 10.3. The van der Waals surface area contributed by atoms with Crippen molar-refractivity contribution >= 4 is 6.08 Å². The SMILES string of the molecule is C=COc1c(OC)cc(C=C[N+](=O)[O-])cc1OC. The molecular formula is C12H13NO5. The Bertz CT molecular complexity index is 456. The van der Waals surface area contributed by atoms with Crippen molar-refractivity contribution in [3.63, 3.8) is 0 Å². The van der Waals surface area contributed by atoms with Crippen molar-refractivity contribution in [1.82, 2.24) is 0 Å². The van der Waals surface area contributed by atoms with Gasteiger partial charge in [-0.3, -0.25) is 10.1 Å². The molecule has 6 nitrogen and oxygen atoms in total. The summed E-state index contributed by atoms with van der Waals surface area (Å²) in [6.07, 6.45) is 3.41. The van der Waals surface area contributed by atoms with E-state index >= 15 is 0 Å². The Morgan fingerprint density at radius 1 is 1.28 bits per heavy atom. The maximum Gasteiger partial charge on any atom is 0.235 e. The molecule has 1 rings (SSSR count). The van der Waals surface area contributed by atoms with Crippen LogP contribution >= 0.6 is 0 Å². The van der Waals surface area contributed by atoms with Gasteiger partial charge in [-0.15, -0.1) is 0 Å². The van der Waals surface area contributed by atoms with Crippen molar-refractivity contribution in [1.29, 1.82) is 0 Å². The average molecular weight is 251 g/mol. The fourth-order valence-corrected chi connectivity index (χ4v) is 1.34. The van der Waals surface area contributed by atoms with Gasteiger partial charge in [-0.25, -0.2) is 0 Å². The van der Waals surface area contributed by atoms with Gasteiger partial charge >= 0.3 is 0 Å². The second-order valence-corrected chi connectivity index (χ2v) is 3.14. The summed E-state index contributed by atoms with van der Waals surface area (Å²) < 4.78 is 15.4. The topological polar surface area (TPSA) is 70.8 Å². The van der Waals surface area contributed by atoms with Gasteiger partial charge in [0.05, 0.1) is 25.4 Å². The van der Waals surface area contributed by atoms with Crippen molar-refractivity contribution in [3.05, 3.63) is 46.9 Å². The molecule has 0 radical (unpaired) electrons. The van der Waals surface area contributed by atoms with Gasteiger partial charge in [0, 0.05) is 6.08 Å². The number of benzene rings is 1. The molecule has 0 bridgehead atoms. The largest absolute Gasteiger partial charge is 0.493 e. The van der Waals surface area contributed by atoms with Crippen molar-refractivity contribution in [2.45, 2.75) is 0 Å². The van der Waals surface area contributed by atoms with E-state index in [1.54, 1.807) is 12.1 Å². The highest BCUT2D eigenvalue weighted by atomic mass is 16.6. The van der Waals surface area contributed by atoms with Crippen molar-refractivity contribution in [2.24, 2.45) is 0 Å². The van der Waals surface area contributed by atoms with E-state index in [0.717, 1.165) is 6.20 Å². The molecule has 0 aliphatic carbocycles. The number of hydrogen-bond donors (Lipinski definition) is 0. The Kier molecular flexibility index (Phi) is 4.74. The zero-order chi connectivity index (χ0) is 13.5. The van der Waals surface area contributed by atoms with E-state index in [9.17, 15) is 10.1 Å². The second-order valence-electron chi connectivity index (χ2n) is 3.14. The first-order valence-corrected chi connectivity index (χ1v) is 4.97. The van der Waals surface area contributed by atoms with Crippen LogP contribution in [0.1, 0.15) is 5.56 Å². The van der Waals surface area contributed by atoms with Crippen LogP contribution in [0.5, 0.6) is 17.2 Å². The highest BCUT2D eigenvalue weighted by Crippen LogP contribution is 2.38. The lowest BCUT2D eigenvalue weighted by Crippen LogP contribution is -1.95. The highest BCUT2D eigenvalue weighted by Gasteiger charge is 2.12. The quantitative estimate of drug-likeness (QED) is 0.441. The number of rotatable bonds is 6. The van der Waals surface area contributed by atoms with E-state index in [4.69, 9.17) is 14.2 Å². The lowest BCUT2D eigenvalue weighted by molar-refractivity contribution is -0.400. The monoisotopic (exact) mass is 251 g/mol. The Morgan fingerprint density at radius 2 is 1.83 bits per heavy atom. The summed E-state index contributed by atoms with van der Waals surface area (Å²) in [5.41, 5.74) is 0.566. The molecule has 96 valence electrons. The van der Waals surface area contributed by atoms with Gasteiger partial charge in [-0.05, 0) is 17.7 Å². The molecule has 0 N–H and O–H groups in total. The van der Waals surface area contributed by atoms with Gasteiger partial charge in [-0.1, -0.05) is 6.58 Å². The molecule has 18 heavy (non-hydrogen) atoms. The zero-order valence-corrected chi connectivity index (χ0v) is 10.1. The second kappa shape index (κ2) is 6.29. The summed E-state index contributed by atoms with van der Waals surface area (Å²) in [5, 5.41) is 10.3. The van der Waals surface area contributed by atoms with Crippen LogP contribution in [0.4, 0.5) is 0 Å². The molecule has 0 saturated heterocycles. The summed E-state index contributed by atoms with van der Waals surface area (Å²) >= 11 is 0. The standard InChI is InChI=1S/C12H13NO5/c1-4-18-12-10(16-2)7-9(5-6-13(14)15)8-11(12)17-3/h4-8H,1H2,2-3H3. The Balaban J connectivity index is 3.25. The molecular weight excluding hydrogens is 238 g/mol. The minimum Gasteiger partial charge on any atom is -0.493 e. The van der Waals surface area contributed by atoms with Gasteiger partial charge < -0.3 is 14.2 Å². The predicted molar refractivity (Wildman–Crippen MR) is 66.4 cm³/mol. The number of nitro groups is 1. The van der Waals surface area contributed by atoms with Crippen LogP contribution in [0.25, 0.3) is 6.08 Å². The average Bonchev–Trinajstić information content (AvgIpc) is 2.37. The van der Waals surface area contributed by atoms with Gasteiger partial charge in [-0.2, -0.15) is 0 Å². The van der Waals surface area contributed by atoms with Crippen LogP contribution in [0, 0.1) is 10.1 Å². The van der Waals surface area contributed by atoms with Crippen LogP contribution in [-0.4, -0.2) is 19.1 Å². The molecule has 0 aromatic heterocycles. The van der Waals surface area contributed by atoms with Crippen molar-refractivity contribution in [2.75, 3.05) is 14.2 Å². The van der Waals surface area contributed by atoms with Crippen molar-refractivity contribution < 1.29 is 19.1 Å². The summed E-state index contributed by atoms with van der Waals surface area (Å²) in [5.74, 6) is 1.17. The number of methoxy groups -OCH3 is 2. The molecule has 0 aliphatic rings. The minimum atomic E-state index is -0.549. The summed E-state index contributed by atoms with van der Waals surface area (Å²) in [6, 6.07) is 3.20. The van der Waals surface area contributed by atoms with Crippen LogP contribution in [0.3, 0.4) is 0 Å². The van der Waals surface area contributed by atoms with Crippen LogP contribution in [0.2, 0.25) is 0 Å². The summed E-state index contributed by atoms with van der Waals surface area (Å²) in [4.78, 5) is 9.72. The third-order valence-corrected chi connectivity index (χ3v) is 2.07. The first kappa shape index (κ1) is 13.6. The first-order valence-electron chi connectivity index (χ1n) is 4.97. The molecule has 0 aliphatic heterocycles. The fraction of sp³-hybridized carbons (Fsp3) is 0.167. The predicted octanol–water partition coefficient (Wildman–Crippen LogP) is 2.47. The van der Waals surface area contributed by atoms with Crippen LogP contribution in [0.15, 0.2) is 31.2 Å². The molecule has 0 saturated carbocycles. The van der Waals surface area contributed by atoms with E-state index in [1.807, 2.05) is 0 Å². The molecule has 6 heteroatoms. The normalized spacial score (nSPS) is 10.1. The van der Waals surface area contributed by atoms with Gasteiger partial charge in [0.25, 0.3) is 0 Å². The Labute approximate surface area is 104 Å². The third kappa shape index (κ3) is 3.24. The zero-order valence-electron chi connectivity index (χ0n) is 10.1. The molecule has 0 fully saturated rings. The molecule has 1 aromatic carbocycles. The van der Waals surface area contributed by atoms with Gasteiger partial charge in [0.1, 0.15) is 0 Å². The van der Waals surface area contributed by atoms with Crippen molar-refractivity contribution in [3.8, 4) is 17.2 Å². The first-order chi connectivity index (χ1) is 8.62. The molecule has 0 spiro atoms. The molecule has 0 amide bonds. The van der Waals surface area contributed by atoms with E-state index in [2.05, 4.69) is 6.58 Å². The minimum absolute atomic E-state index is 0.369. The number of ether oxygens (including phenoxy) is 3. The molecule has 0 unspecified atom stereocenters. The summed E-state index contributed by atoms with van der Waals surface area (Å²) in [7, 11) is 2.93. The molecule has 0 atom stereocenters. The van der Waals surface area contributed by atoms with Gasteiger partial charge in [0.2, 0.25) is 11.9 Å². The van der Waals surface area contributed by atoms with E-state index in [-0.39, 0.29) is 0 Å².